The van der Waals surface area contributed by atoms with E-state index in [9.17, 15) is 14.3 Å². The van der Waals surface area contributed by atoms with Crippen LogP contribution in [-0.2, 0) is 0 Å². The fourth-order valence-electron chi connectivity index (χ4n) is 2.51. The van der Waals surface area contributed by atoms with Crippen LogP contribution in [0.4, 0.5) is 4.39 Å². The highest BCUT2D eigenvalue weighted by Gasteiger charge is 2.13. The summed E-state index contributed by atoms with van der Waals surface area (Å²) in [6.45, 7) is 0. The maximum Gasteiger partial charge on any atom is 0.335 e. The lowest BCUT2D eigenvalue weighted by Gasteiger charge is -2.12. The van der Waals surface area contributed by atoms with E-state index in [0.29, 0.717) is 16.7 Å². The van der Waals surface area contributed by atoms with Gasteiger partial charge in [0.05, 0.1) is 5.56 Å². The van der Waals surface area contributed by atoms with Crippen molar-refractivity contribution in [2.24, 2.45) is 0 Å². The van der Waals surface area contributed by atoms with Crippen molar-refractivity contribution in [1.82, 2.24) is 0 Å². The Morgan fingerprint density at radius 3 is 2.30 bits per heavy atom. The maximum atomic E-state index is 13.5. The molecular weight excluding hydrogens is 295 g/mol. The molecule has 0 spiro atoms. The second-order valence-corrected chi connectivity index (χ2v) is 5.09. The van der Waals surface area contributed by atoms with E-state index in [-0.39, 0.29) is 11.3 Å². The van der Waals surface area contributed by atoms with E-state index >= 15 is 0 Å². The highest BCUT2D eigenvalue weighted by atomic mass is 19.1. The standard InChI is InChI=1S/C19H13FO3/c20-14-8-9-18(21)17(11-14)16-7-2-1-6-15(16)12-4-3-5-13(10-12)19(22)23/h1-11,21H,(H,22,23). The first kappa shape index (κ1) is 14.8. The van der Waals surface area contributed by atoms with Crippen molar-refractivity contribution in [1.29, 1.82) is 0 Å². The average Bonchev–Trinajstić information content (AvgIpc) is 2.57. The van der Waals surface area contributed by atoms with Crippen LogP contribution in [0.15, 0.2) is 66.7 Å². The zero-order chi connectivity index (χ0) is 16.4. The molecule has 0 unspecified atom stereocenters. The van der Waals surface area contributed by atoms with E-state index in [1.54, 1.807) is 36.4 Å². The minimum absolute atomic E-state index is 0.0340. The molecule has 0 aliphatic heterocycles. The predicted molar refractivity (Wildman–Crippen MR) is 85.9 cm³/mol. The molecule has 3 aromatic rings. The number of phenols is 1. The number of aromatic carboxylic acids is 1. The molecule has 0 radical (unpaired) electrons. The van der Waals surface area contributed by atoms with Crippen molar-refractivity contribution in [2.45, 2.75) is 0 Å². The highest BCUT2D eigenvalue weighted by molar-refractivity contribution is 5.92. The van der Waals surface area contributed by atoms with Crippen molar-refractivity contribution in [3.05, 3.63) is 78.1 Å². The Labute approximate surface area is 132 Å². The first-order valence-electron chi connectivity index (χ1n) is 6.98. The van der Waals surface area contributed by atoms with Crippen LogP contribution in [0.1, 0.15) is 10.4 Å². The quantitative estimate of drug-likeness (QED) is 0.745. The summed E-state index contributed by atoms with van der Waals surface area (Å²) in [6, 6.07) is 17.4. The van der Waals surface area contributed by atoms with Crippen LogP contribution in [0.25, 0.3) is 22.3 Å². The Morgan fingerprint density at radius 1 is 0.826 bits per heavy atom. The van der Waals surface area contributed by atoms with Crippen LogP contribution in [0.5, 0.6) is 5.75 Å². The van der Waals surface area contributed by atoms with Gasteiger partial charge in [-0.3, -0.25) is 0 Å². The van der Waals surface area contributed by atoms with Gasteiger partial charge >= 0.3 is 5.97 Å². The molecule has 2 N–H and O–H groups in total. The summed E-state index contributed by atoms with van der Waals surface area (Å²) in [5.41, 5.74) is 2.56. The number of hydrogen-bond donors (Lipinski definition) is 2. The van der Waals surface area contributed by atoms with E-state index in [1.807, 2.05) is 6.07 Å². The molecule has 3 rings (SSSR count). The van der Waals surface area contributed by atoms with Crippen molar-refractivity contribution in [2.75, 3.05) is 0 Å². The lowest BCUT2D eigenvalue weighted by Crippen LogP contribution is -1.96. The van der Waals surface area contributed by atoms with Crippen LogP contribution >= 0.6 is 0 Å². The van der Waals surface area contributed by atoms with Crippen LogP contribution in [0.3, 0.4) is 0 Å². The fraction of sp³-hybridized carbons (Fsp3) is 0. The first-order chi connectivity index (χ1) is 11.1. The topological polar surface area (TPSA) is 57.5 Å². The highest BCUT2D eigenvalue weighted by Crippen LogP contribution is 2.37. The zero-order valence-electron chi connectivity index (χ0n) is 12.0. The van der Waals surface area contributed by atoms with E-state index in [1.165, 1.54) is 24.3 Å². The number of aromatic hydroxyl groups is 1. The van der Waals surface area contributed by atoms with E-state index < -0.39 is 11.8 Å². The first-order valence-corrected chi connectivity index (χ1v) is 6.98. The lowest BCUT2D eigenvalue weighted by molar-refractivity contribution is 0.0697. The van der Waals surface area contributed by atoms with E-state index in [2.05, 4.69) is 0 Å². The molecule has 114 valence electrons. The third-order valence-electron chi connectivity index (χ3n) is 3.60. The van der Waals surface area contributed by atoms with Crippen molar-refractivity contribution < 1.29 is 19.4 Å². The summed E-state index contributed by atoms with van der Waals surface area (Å²) in [7, 11) is 0. The molecule has 0 atom stereocenters. The van der Waals surface area contributed by atoms with Crippen LogP contribution in [0.2, 0.25) is 0 Å². The van der Waals surface area contributed by atoms with E-state index in [4.69, 9.17) is 5.11 Å². The van der Waals surface area contributed by atoms with Crippen LogP contribution in [0, 0.1) is 5.82 Å². The minimum atomic E-state index is -1.02. The van der Waals surface area contributed by atoms with Gasteiger partial charge in [-0.15, -0.1) is 0 Å². The Balaban J connectivity index is 2.21. The molecule has 0 aromatic heterocycles. The average molecular weight is 308 g/mol. The largest absolute Gasteiger partial charge is 0.507 e. The smallest absolute Gasteiger partial charge is 0.335 e. The van der Waals surface area contributed by atoms with Gasteiger partial charge in [-0.25, -0.2) is 9.18 Å². The number of phenolic OH excluding ortho intramolecular Hbond substituents is 1. The molecule has 3 aromatic carbocycles. The summed E-state index contributed by atoms with van der Waals surface area (Å²) >= 11 is 0. The SMILES string of the molecule is O=C(O)c1cccc(-c2ccccc2-c2cc(F)ccc2O)c1. The Bertz CT molecular complexity index is 887. The van der Waals surface area contributed by atoms with Gasteiger partial charge in [0.15, 0.2) is 0 Å². The normalized spacial score (nSPS) is 10.5. The summed E-state index contributed by atoms with van der Waals surface area (Å²) < 4.78 is 13.5. The van der Waals surface area contributed by atoms with Crippen molar-refractivity contribution >= 4 is 5.97 Å². The number of benzene rings is 3. The summed E-state index contributed by atoms with van der Waals surface area (Å²) in [5, 5.41) is 19.2. The van der Waals surface area contributed by atoms with Gasteiger partial charge in [0.2, 0.25) is 0 Å². The Kier molecular flexibility index (Phi) is 3.81. The van der Waals surface area contributed by atoms with Gasteiger partial charge in [0.1, 0.15) is 11.6 Å². The molecule has 0 fully saturated rings. The number of carboxylic acid groups (broad SMARTS) is 1. The molecule has 0 aliphatic carbocycles. The number of hydrogen-bond acceptors (Lipinski definition) is 2. The monoisotopic (exact) mass is 308 g/mol. The van der Waals surface area contributed by atoms with Gasteiger partial charge in [0, 0.05) is 5.56 Å². The minimum Gasteiger partial charge on any atom is -0.507 e. The maximum absolute atomic E-state index is 13.5. The summed E-state index contributed by atoms with van der Waals surface area (Å²) in [4.78, 5) is 11.1. The molecule has 0 amide bonds. The summed E-state index contributed by atoms with van der Waals surface area (Å²) in [6.07, 6.45) is 0. The Hall–Kier alpha value is -3.14. The second-order valence-electron chi connectivity index (χ2n) is 5.09. The molecule has 0 bridgehead atoms. The fourth-order valence-corrected chi connectivity index (χ4v) is 2.51. The Morgan fingerprint density at radius 2 is 1.57 bits per heavy atom. The molecule has 23 heavy (non-hydrogen) atoms. The molecule has 0 saturated carbocycles. The van der Waals surface area contributed by atoms with Gasteiger partial charge in [-0.2, -0.15) is 0 Å². The molecular formula is C19H13FO3. The zero-order valence-corrected chi connectivity index (χ0v) is 12.0. The third-order valence-corrected chi connectivity index (χ3v) is 3.60. The third kappa shape index (κ3) is 2.92. The lowest BCUT2D eigenvalue weighted by atomic mass is 9.93. The number of carboxylic acids is 1. The molecule has 0 heterocycles. The molecule has 4 heteroatoms. The second kappa shape index (κ2) is 5.93. The van der Waals surface area contributed by atoms with Crippen LogP contribution < -0.4 is 0 Å². The molecule has 3 nitrogen and oxygen atoms in total. The number of carbonyl (C=O) groups is 1. The number of halogens is 1. The van der Waals surface area contributed by atoms with Gasteiger partial charge < -0.3 is 10.2 Å². The number of rotatable bonds is 3. The summed E-state index contributed by atoms with van der Waals surface area (Å²) in [5.74, 6) is -1.50. The van der Waals surface area contributed by atoms with Crippen molar-refractivity contribution in [3.8, 4) is 28.0 Å². The van der Waals surface area contributed by atoms with Crippen LogP contribution in [-0.4, -0.2) is 16.2 Å². The van der Waals surface area contributed by atoms with Gasteiger partial charge in [-0.1, -0.05) is 36.4 Å². The van der Waals surface area contributed by atoms with E-state index in [0.717, 1.165) is 5.56 Å². The predicted octanol–water partition coefficient (Wildman–Crippen LogP) is 4.56. The van der Waals surface area contributed by atoms with Crippen molar-refractivity contribution in [3.63, 3.8) is 0 Å². The molecule has 0 saturated heterocycles. The van der Waals surface area contributed by atoms with Gasteiger partial charge in [-0.05, 0) is 47.0 Å². The molecule has 0 aliphatic rings. The van der Waals surface area contributed by atoms with Gasteiger partial charge in [0.25, 0.3) is 0 Å².